The van der Waals surface area contributed by atoms with Gasteiger partial charge in [0.2, 0.25) is 0 Å². The predicted octanol–water partition coefficient (Wildman–Crippen LogP) is 0.452. The summed E-state index contributed by atoms with van der Waals surface area (Å²) in [6.07, 6.45) is 0. The number of thiophene rings is 1. The number of nitrogens with two attached hydrogens (primary N) is 1. The number of rotatable bonds is 1. The Kier molecular flexibility index (Phi) is 2.44. The van der Waals surface area contributed by atoms with Crippen LogP contribution >= 0.6 is 24.0 Å². The third kappa shape index (κ3) is 1.50. The maximum absolute atomic E-state index is 9.01. The van der Waals surface area contributed by atoms with E-state index in [-0.39, 0.29) is 0 Å². The summed E-state index contributed by atoms with van der Waals surface area (Å²) in [7, 11) is -1.44. The minimum atomic E-state index is -1.44. The number of thiol groups is 1. The summed E-state index contributed by atoms with van der Waals surface area (Å²) in [6, 6.07) is 5.23. The zero-order valence-electron chi connectivity index (χ0n) is 7.14. The molecule has 3 nitrogen and oxygen atoms in total. The molecular formula is C8H8BNO2S2. The van der Waals surface area contributed by atoms with Crippen LogP contribution in [0.5, 0.6) is 0 Å². The van der Waals surface area contributed by atoms with E-state index in [4.69, 9.17) is 15.8 Å². The SMILES string of the molecule is Nc1ccc(S)c2sc(B(O)O)cc12. The molecule has 14 heavy (non-hydrogen) atoms. The molecular weight excluding hydrogens is 217 g/mol. The molecule has 0 atom stereocenters. The highest BCUT2D eigenvalue weighted by atomic mass is 32.1. The largest absolute Gasteiger partial charge is 0.499 e. The van der Waals surface area contributed by atoms with E-state index < -0.39 is 7.12 Å². The molecule has 0 aliphatic rings. The molecule has 2 rings (SSSR count). The molecule has 1 heterocycles. The first kappa shape index (κ1) is 9.85. The van der Waals surface area contributed by atoms with Crippen LogP contribution in [0.4, 0.5) is 5.69 Å². The molecule has 0 bridgehead atoms. The van der Waals surface area contributed by atoms with Gasteiger partial charge in [-0.05, 0) is 18.2 Å². The predicted molar refractivity (Wildman–Crippen MR) is 63.3 cm³/mol. The maximum atomic E-state index is 9.01. The van der Waals surface area contributed by atoms with Crippen molar-refractivity contribution in [3.63, 3.8) is 0 Å². The van der Waals surface area contributed by atoms with E-state index >= 15 is 0 Å². The molecule has 1 aromatic heterocycles. The van der Waals surface area contributed by atoms with Crippen molar-refractivity contribution in [3.8, 4) is 0 Å². The van der Waals surface area contributed by atoms with Crippen LogP contribution in [-0.4, -0.2) is 17.2 Å². The van der Waals surface area contributed by atoms with Crippen molar-refractivity contribution in [1.29, 1.82) is 0 Å². The van der Waals surface area contributed by atoms with Crippen molar-refractivity contribution < 1.29 is 10.0 Å². The fourth-order valence-corrected chi connectivity index (χ4v) is 2.59. The van der Waals surface area contributed by atoms with Crippen molar-refractivity contribution in [2.45, 2.75) is 4.90 Å². The van der Waals surface area contributed by atoms with Crippen LogP contribution in [0.3, 0.4) is 0 Å². The molecule has 0 fully saturated rings. The highest BCUT2D eigenvalue weighted by Crippen LogP contribution is 2.30. The van der Waals surface area contributed by atoms with E-state index in [2.05, 4.69) is 12.6 Å². The zero-order valence-corrected chi connectivity index (χ0v) is 8.85. The lowest BCUT2D eigenvalue weighted by atomic mass is 9.89. The molecule has 0 amide bonds. The van der Waals surface area contributed by atoms with Crippen LogP contribution < -0.4 is 10.5 Å². The number of hydrogen-bond donors (Lipinski definition) is 4. The normalized spacial score (nSPS) is 10.8. The van der Waals surface area contributed by atoms with Gasteiger partial charge in [0.05, 0.1) is 0 Å². The number of nitrogen functional groups attached to an aromatic ring is 1. The summed E-state index contributed by atoms with van der Waals surface area (Å²) in [4.78, 5) is 0.797. The van der Waals surface area contributed by atoms with E-state index in [1.807, 2.05) is 0 Å². The van der Waals surface area contributed by atoms with Gasteiger partial charge in [-0.25, -0.2) is 0 Å². The Morgan fingerprint density at radius 1 is 1.36 bits per heavy atom. The van der Waals surface area contributed by atoms with Crippen LogP contribution in [-0.2, 0) is 0 Å². The molecule has 0 saturated heterocycles. The minimum Gasteiger partial charge on any atom is -0.423 e. The van der Waals surface area contributed by atoms with Gasteiger partial charge in [0.1, 0.15) is 0 Å². The van der Waals surface area contributed by atoms with Crippen LogP contribution in [0.2, 0.25) is 0 Å². The number of fused-ring (bicyclic) bond motifs is 1. The Balaban J connectivity index is 2.75. The fourth-order valence-electron chi connectivity index (χ4n) is 1.28. The Hall–Kier alpha value is -0.685. The zero-order chi connectivity index (χ0) is 10.3. The summed E-state index contributed by atoms with van der Waals surface area (Å²) in [5, 5.41) is 18.8. The molecule has 0 saturated carbocycles. The van der Waals surface area contributed by atoms with Crippen molar-refractivity contribution in [3.05, 3.63) is 18.2 Å². The number of anilines is 1. The summed E-state index contributed by atoms with van der Waals surface area (Å²) >= 11 is 5.56. The second-order valence-corrected chi connectivity index (χ2v) is 4.50. The number of benzene rings is 1. The Morgan fingerprint density at radius 2 is 2.07 bits per heavy atom. The van der Waals surface area contributed by atoms with E-state index in [0.717, 1.165) is 15.0 Å². The minimum absolute atomic E-state index is 0.480. The fraction of sp³-hybridized carbons (Fsp3) is 0. The highest BCUT2D eigenvalue weighted by molar-refractivity contribution is 7.80. The molecule has 72 valence electrons. The Morgan fingerprint density at radius 3 is 2.64 bits per heavy atom. The van der Waals surface area contributed by atoms with Gasteiger partial charge in [-0.1, -0.05) is 0 Å². The lowest BCUT2D eigenvalue weighted by Crippen LogP contribution is -2.26. The van der Waals surface area contributed by atoms with E-state index in [0.29, 0.717) is 10.5 Å². The average Bonchev–Trinajstić information content (AvgIpc) is 2.57. The second-order valence-electron chi connectivity index (χ2n) is 2.94. The van der Waals surface area contributed by atoms with Crippen molar-refractivity contribution in [2.75, 3.05) is 5.73 Å². The first-order chi connectivity index (χ1) is 6.59. The quantitative estimate of drug-likeness (QED) is 0.323. The van der Waals surface area contributed by atoms with Crippen molar-refractivity contribution >= 4 is 51.6 Å². The van der Waals surface area contributed by atoms with E-state index in [1.54, 1.807) is 18.2 Å². The molecule has 0 spiro atoms. The van der Waals surface area contributed by atoms with E-state index in [9.17, 15) is 0 Å². The molecule has 2 aromatic rings. The molecule has 0 aliphatic heterocycles. The van der Waals surface area contributed by atoms with Gasteiger partial charge >= 0.3 is 7.12 Å². The Labute approximate surface area is 90.7 Å². The molecule has 6 heteroatoms. The first-order valence-corrected chi connectivity index (χ1v) is 5.23. The molecule has 0 radical (unpaired) electrons. The summed E-state index contributed by atoms with van der Waals surface area (Å²) in [6.45, 7) is 0. The van der Waals surface area contributed by atoms with E-state index in [1.165, 1.54) is 11.3 Å². The molecule has 0 aliphatic carbocycles. The van der Waals surface area contributed by atoms with Crippen LogP contribution in [0.25, 0.3) is 10.1 Å². The van der Waals surface area contributed by atoms with Crippen LogP contribution in [0, 0.1) is 0 Å². The standard InChI is InChI=1S/C8H8BNO2S2/c10-5-1-2-6(13)8-4(5)3-7(14-8)9(11)12/h1-3,11-13H,10H2. The smallest absolute Gasteiger partial charge is 0.423 e. The average molecular weight is 225 g/mol. The van der Waals surface area contributed by atoms with Gasteiger partial charge in [-0.2, -0.15) is 0 Å². The topological polar surface area (TPSA) is 66.5 Å². The Bertz CT molecular complexity index is 444. The first-order valence-electron chi connectivity index (χ1n) is 3.96. The van der Waals surface area contributed by atoms with Gasteiger partial charge in [0, 0.05) is 25.4 Å². The highest BCUT2D eigenvalue weighted by Gasteiger charge is 2.16. The van der Waals surface area contributed by atoms with Crippen LogP contribution in [0.15, 0.2) is 23.1 Å². The lowest BCUT2D eigenvalue weighted by molar-refractivity contribution is 0.427. The second kappa shape index (κ2) is 3.47. The lowest BCUT2D eigenvalue weighted by Gasteiger charge is -1.97. The molecule has 0 unspecified atom stereocenters. The van der Waals surface area contributed by atoms with Gasteiger partial charge in [-0.3, -0.25) is 0 Å². The van der Waals surface area contributed by atoms with Gasteiger partial charge in [0.15, 0.2) is 0 Å². The van der Waals surface area contributed by atoms with Gasteiger partial charge < -0.3 is 15.8 Å². The third-order valence-corrected chi connectivity index (χ3v) is 3.70. The van der Waals surface area contributed by atoms with Crippen molar-refractivity contribution in [2.24, 2.45) is 0 Å². The maximum Gasteiger partial charge on any atom is 0.499 e. The summed E-state index contributed by atoms with van der Waals surface area (Å²) < 4.78 is 1.37. The number of hydrogen-bond acceptors (Lipinski definition) is 5. The summed E-state index contributed by atoms with van der Waals surface area (Å²) in [5.74, 6) is 0. The van der Waals surface area contributed by atoms with Crippen LogP contribution in [0.1, 0.15) is 0 Å². The van der Waals surface area contributed by atoms with Gasteiger partial charge in [-0.15, -0.1) is 24.0 Å². The van der Waals surface area contributed by atoms with Gasteiger partial charge in [0.25, 0.3) is 0 Å². The summed E-state index contributed by atoms with van der Waals surface area (Å²) in [5.41, 5.74) is 6.37. The third-order valence-electron chi connectivity index (χ3n) is 1.97. The molecule has 4 N–H and O–H groups in total. The monoisotopic (exact) mass is 225 g/mol. The molecule has 1 aromatic carbocycles. The van der Waals surface area contributed by atoms with Crippen molar-refractivity contribution in [1.82, 2.24) is 0 Å².